The maximum atomic E-state index is 12.2. The third-order valence-corrected chi connectivity index (χ3v) is 9.66. The van der Waals surface area contributed by atoms with Crippen LogP contribution in [0.15, 0.2) is 134 Å². The average molecular weight is 741 g/mol. The van der Waals surface area contributed by atoms with Crippen molar-refractivity contribution in [3.05, 3.63) is 183 Å². The Balaban J connectivity index is 0.000000179. The molecule has 0 saturated carbocycles. The zero-order chi connectivity index (χ0) is 36.9. The van der Waals surface area contributed by atoms with E-state index in [9.17, 15) is 9.59 Å². The normalized spacial score (nSPS) is 11.0. The fraction of sp³-hybridized carbons (Fsp3) is 0.114. The van der Waals surface area contributed by atoms with Gasteiger partial charge in [-0.15, -0.1) is 0 Å². The van der Waals surface area contributed by atoms with Crippen LogP contribution in [0.1, 0.15) is 48.7 Å². The Hall–Kier alpha value is -5.89. The molecular weight excluding hydrogens is 705 g/mol. The topological polar surface area (TPSA) is 86.2 Å². The summed E-state index contributed by atoms with van der Waals surface area (Å²) in [7, 11) is 2.76. The molecule has 7 nitrogen and oxygen atoms in total. The Kier molecular flexibility index (Phi) is 10.6. The van der Waals surface area contributed by atoms with Crippen molar-refractivity contribution in [1.29, 1.82) is 0 Å². The quantitative estimate of drug-likeness (QED) is 0.157. The number of aromatic nitrogens is 3. The van der Waals surface area contributed by atoms with Gasteiger partial charge in [-0.2, -0.15) is 0 Å². The van der Waals surface area contributed by atoms with Gasteiger partial charge in [0, 0.05) is 38.9 Å². The second kappa shape index (κ2) is 15.8. The summed E-state index contributed by atoms with van der Waals surface area (Å²) in [5, 5.41) is 4.49. The summed E-state index contributed by atoms with van der Waals surface area (Å²) >= 11 is 12.1. The smallest absolute Gasteiger partial charge is 0.338 e. The van der Waals surface area contributed by atoms with E-state index in [-0.39, 0.29) is 11.9 Å². The number of halogens is 2. The Morgan fingerprint density at radius 3 is 1.98 bits per heavy atom. The van der Waals surface area contributed by atoms with Gasteiger partial charge >= 0.3 is 11.9 Å². The van der Waals surface area contributed by atoms with Crippen LogP contribution in [0.25, 0.3) is 32.7 Å². The molecule has 9 heteroatoms. The van der Waals surface area contributed by atoms with Crippen molar-refractivity contribution < 1.29 is 19.1 Å². The molecule has 0 radical (unpaired) electrons. The second-order valence-corrected chi connectivity index (χ2v) is 13.5. The Labute approximate surface area is 316 Å². The van der Waals surface area contributed by atoms with Gasteiger partial charge in [-0.05, 0) is 119 Å². The van der Waals surface area contributed by atoms with Crippen LogP contribution < -0.4 is 0 Å². The van der Waals surface area contributed by atoms with E-state index < -0.39 is 0 Å². The lowest BCUT2D eigenvalue weighted by atomic mass is 9.99. The summed E-state index contributed by atoms with van der Waals surface area (Å²) in [6, 6.07) is 39.7. The Bertz CT molecular complexity index is 2610. The van der Waals surface area contributed by atoms with Crippen molar-refractivity contribution in [3.63, 3.8) is 0 Å². The SMILES string of the molecule is COC(=O)c1cc(Cl)ccc1Cc1ccc2[nH]ccc2c1.COC(=O)c1cc(Cl)ccc1Cc1ccc2c(ccn2Cc2ccc3ccccc3n2)c1. The predicted molar refractivity (Wildman–Crippen MR) is 212 cm³/mol. The number of nitrogens with zero attached hydrogens (tertiary/aromatic N) is 2. The van der Waals surface area contributed by atoms with Gasteiger partial charge in [0.2, 0.25) is 0 Å². The van der Waals surface area contributed by atoms with E-state index >= 15 is 0 Å². The fourth-order valence-electron chi connectivity index (χ4n) is 6.53. The van der Waals surface area contributed by atoms with E-state index in [4.69, 9.17) is 37.7 Å². The van der Waals surface area contributed by atoms with E-state index in [0.717, 1.165) is 60.7 Å². The standard InChI is InChI=1S/C27H21ClN2O2.C17H14ClNO2/c1-32-27(31)24-16-22(28)9-7-20(24)14-18-6-11-26-21(15-18)12-13-30(26)17-23-10-8-19-4-2-3-5-25(19)29-23;1-21-17(20)15-10-14(18)4-3-12(15)8-11-2-5-16-13(9-11)6-7-19-16/h2-13,15-16H,14,17H2,1H3;2-7,9-10,19H,8H2,1H3. The third-order valence-electron chi connectivity index (χ3n) is 9.19. The number of esters is 2. The first-order valence-corrected chi connectivity index (χ1v) is 17.8. The number of carbonyl (C=O) groups excluding carboxylic acids is 2. The van der Waals surface area contributed by atoms with Crippen molar-refractivity contribution in [1.82, 2.24) is 14.5 Å². The Morgan fingerprint density at radius 2 is 1.30 bits per heavy atom. The number of H-pyrrole nitrogens is 1. The molecule has 3 heterocycles. The van der Waals surface area contributed by atoms with Gasteiger partial charge in [0.15, 0.2) is 0 Å². The highest BCUT2D eigenvalue weighted by atomic mass is 35.5. The molecule has 0 spiro atoms. The van der Waals surface area contributed by atoms with Crippen LogP contribution in [-0.4, -0.2) is 40.7 Å². The molecule has 1 N–H and O–H groups in total. The molecule has 5 aromatic carbocycles. The van der Waals surface area contributed by atoms with Crippen molar-refractivity contribution in [2.75, 3.05) is 14.2 Å². The summed E-state index contributed by atoms with van der Waals surface area (Å²) in [5.41, 5.74) is 9.33. The number of para-hydroxylation sites is 1. The van der Waals surface area contributed by atoms with Crippen LogP contribution in [0.2, 0.25) is 10.0 Å². The van der Waals surface area contributed by atoms with Gasteiger partial charge in [0.1, 0.15) is 0 Å². The largest absolute Gasteiger partial charge is 0.465 e. The highest BCUT2D eigenvalue weighted by molar-refractivity contribution is 6.31. The number of fused-ring (bicyclic) bond motifs is 3. The number of carbonyl (C=O) groups is 2. The van der Waals surface area contributed by atoms with Crippen LogP contribution in [-0.2, 0) is 28.9 Å². The van der Waals surface area contributed by atoms with Gasteiger partial charge in [0.05, 0.1) is 43.1 Å². The summed E-state index contributed by atoms with van der Waals surface area (Å²) < 4.78 is 12.0. The number of benzene rings is 5. The molecule has 0 aliphatic heterocycles. The van der Waals surface area contributed by atoms with Crippen molar-refractivity contribution in [2.24, 2.45) is 0 Å². The number of hydrogen-bond donors (Lipinski definition) is 1. The molecule has 0 bridgehead atoms. The third kappa shape index (κ3) is 8.12. The number of rotatable bonds is 8. The lowest BCUT2D eigenvalue weighted by Gasteiger charge is -2.10. The molecule has 8 aromatic rings. The van der Waals surface area contributed by atoms with Crippen molar-refractivity contribution in [2.45, 2.75) is 19.4 Å². The molecule has 0 fully saturated rings. The van der Waals surface area contributed by atoms with Crippen LogP contribution in [0.4, 0.5) is 0 Å². The highest BCUT2D eigenvalue weighted by Crippen LogP contribution is 2.25. The molecule has 264 valence electrons. The molecule has 0 aliphatic rings. The second-order valence-electron chi connectivity index (χ2n) is 12.7. The van der Waals surface area contributed by atoms with E-state index in [2.05, 4.69) is 70.3 Å². The zero-order valence-electron chi connectivity index (χ0n) is 29.1. The molecule has 0 aliphatic carbocycles. The van der Waals surface area contributed by atoms with E-state index in [0.29, 0.717) is 40.6 Å². The minimum Gasteiger partial charge on any atom is -0.465 e. The predicted octanol–water partition coefficient (Wildman–Crippen LogP) is 10.5. The van der Waals surface area contributed by atoms with Crippen LogP contribution in [0.3, 0.4) is 0 Å². The molecule has 53 heavy (non-hydrogen) atoms. The molecule has 0 amide bonds. The lowest BCUT2D eigenvalue weighted by molar-refractivity contribution is 0.0590. The van der Waals surface area contributed by atoms with E-state index in [1.807, 2.05) is 48.7 Å². The van der Waals surface area contributed by atoms with E-state index in [1.165, 1.54) is 14.2 Å². The monoisotopic (exact) mass is 739 g/mol. The number of nitrogens with one attached hydrogen (secondary N) is 1. The van der Waals surface area contributed by atoms with Crippen LogP contribution in [0.5, 0.6) is 0 Å². The van der Waals surface area contributed by atoms with Gasteiger partial charge in [-0.1, -0.05) is 71.7 Å². The van der Waals surface area contributed by atoms with Crippen molar-refractivity contribution >= 4 is 67.8 Å². The maximum Gasteiger partial charge on any atom is 0.338 e. The molecule has 0 unspecified atom stereocenters. The summed E-state index contributed by atoms with van der Waals surface area (Å²) in [5.74, 6) is -0.743. The first-order valence-electron chi connectivity index (χ1n) is 17.0. The molecular formula is C44H35Cl2N3O4. The number of aromatic amines is 1. The zero-order valence-corrected chi connectivity index (χ0v) is 30.6. The molecule has 0 saturated heterocycles. The highest BCUT2D eigenvalue weighted by Gasteiger charge is 2.15. The number of hydrogen-bond acceptors (Lipinski definition) is 5. The average Bonchev–Trinajstić information content (AvgIpc) is 3.82. The fourth-order valence-corrected chi connectivity index (χ4v) is 6.87. The minimum absolute atomic E-state index is 0.366. The summed E-state index contributed by atoms with van der Waals surface area (Å²) in [4.78, 5) is 32.0. The summed E-state index contributed by atoms with van der Waals surface area (Å²) in [6.07, 6.45) is 5.28. The van der Waals surface area contributed by atoms with E-state index in [1.54, 1.807) is 24.3 Å². The number of ether oxygens (including phenoxy) is 2. The lowest BCUT2D eigenvalue weighted by Crippen LogP contribution is -2.06. The number of pyridine rings is 1. The van der Waals surface area contributed by atoms with Gasteiger partial charge < -0.3 is 19.0 Å². The Morgan fingerprint density at radius 1 is 0.660 bits per heavy atom. The van der Waals surface area contributed by atoms with Crippen LogP contribution >= 0.6 is 23.2 Å². The maximum absolute atomic E-state index is 12.2. The van der Waals surface area contributed by atoms with Gasteiger partial charge in [-0.3, -0.25) is 4.98 Å². The number of methoxy groups -OCH3 is 2. The minimum atomic E-state index is -0.377. The molecule has 8 rings (SSSR count). The van der Waals surface area contributed by atoms with Crippen LogP contribution in [0, 0.1) is 0 Å². The van der Waals surface area contributed by atoms with Gasteiger partial charge in [-0.25, -0.2) is 9.59 Å². The molecule has 0 atom stereocenters. The first kappa shape index (κ1) is 35.5. The van der Waals surface area contributed by atoms with Crippen molar-refractivity contribution in [3.8, 4) is 0 Å². The van der Waals surface area contributed by atoms with Gasteiger partial charge in [0.25, 0.3) is 0 Å². The molecule has 3 aromatic heterocycles. The summed E-state index contributed by atoms with van der Waals surface area (Å²) in [6.45, 7) is 0.706. The first-order chi connectivity index (χ1) is 25.8.